The van der Waals surface area contributed by atoms with Crippen molar-refractivity contribution < 1.29 is 56.4 Å². The van der Waals surface area contributed by atoms with Crippen molar-refractivity contribution in [1.29, 1.82) is 0 Å². The van der Waals surface area contributed by atoms with Crippen LogP contribution in [0.15, 0.2) is 97.1 Å². The molecule has 0 fully saturated rings. The first-order valence-electron chi connectivity index (χ1n) is 16.0. The number of amides is 2. The minimum atomic E-state index is -4.52. The van der Waals surface area contributed by atoms with E-state index in [-0.39, 0.29) is 41.2 Å². The minimum Gasteiger partial charge on any atom is -0.463 e. The Balaban J connectivity index is 1.59. The van der Waals surface area contributed by atoms with Crippen molar-refractivity contribution in [3.8, 4) is 11.1 Å². The SMILES string of the molecule is CCOC(=O)C(OC(=O)OCc1ccc(NC(=O)c2ccccc2-c2ccc(C(F)(F)F)cc2)c(C(=O)N(C)C)c1)(c1ccccc1)C(O)OCC. The zero-order valence-electron chi connectivity index (χ0n) is 28.7. The van der Waals surface area contributed by atoms with Crippen LogP contribution in [0.25, 0.3) is 11.1 Å². The highest BCUT2D eigenvalue weighted by Crippen LogP contribution is 2.34. The van der Waals surface area contributed by atoms with Gasteiger partial charge in [-0.1, -0.05) is 66.7 Å². The normalized spacial score (nSPS) is 12.9. The molecule has 14 heteroatoms. The van der Waals surface area contributed by atoms with Crippen molar-refractivity contribution in [1.82, 2.24) is 4.90 Å². The summed E-state index contributed by atoms with van der Waals surface area (Å²) in [4.78, 5) is 54.4. The molecule has 4 aromatic carbocycles. The van der Waals surface area contributed by atoms with Crippen LogP contribution in [-0.2, 0) is 42.1 Å². The van der Waals surface area contributed by atoms with Crippen LogP contribution in [0.3, 0.4) is 0 Å². The van der Waals surface area contributed by atoms with Gasteiger partial charge in [0.25, 0.3) is 17.4 Å². The molecule has 0 bridgehead atoms. The Bertz CT molecular complexity index is 1880. The van der Waals surface area contributed by atoms with Crippen LogP contribution in [0.1, 0.15) is 51.3 Å². The van der Waals surface area contributed by atoms with E-state index in [4.69, 9.17) is 18.9 Å². The quantitative estimate of drug-likeness (QED) is 0.113. The van der Waals surface area contributed by atoms with Gasteiger partial charge in [0.2, 0.25) is 6.29 Å². The number of hydrogen-bond donors (Lipinski definition) is 2. The predicted octanol–water partition coefficient (Wildman–Crippen LogP) is 6.79. The monoisotopic (exact) mass is 722 g/mol. The molecule has 0 spiro atoms. The summed E-state index contributed by atoms with van der Waals surface area (Å²) in [7, 11) is 2.99. The second-order valence-corrected chi connectivity index (χ2v) is 11.4. The molecule has 0 heterocycles. The molecule has 0 radical (unpaired) electrons. The molecular formula is C38H37F3N2O9. The fourth-order valence-corrected chi connectivity index (χ4v) is 5.18. The number of esters is 1. The number of carbonyl (C=O) groups excluding carboxylic acids is 4. The van der Waals surface area contributed by atoms with Crippen LogP contribution in [-0.4, -0.2) is 67.5 Å². The molecule has 0 saturated heterocycles. The number of halogens is 3. The Kier molecular flexibility index (Phi) is 12.8. The third-order valence-corrected chi connectivity index (χ3v) is 7.72. The highest BCUT2D eigenvalue weighted by atomic mass is 19.4. The van der Waals surface area contributed by atoms with Gasteiger partial charge in [-0.3, -0.25) is 9.59 Å². The Labute approximate surface area is 297 Å². The summed E-state index contributed by atoms with van der Waals surface area (Å²) in [5.74, 6) is -2.25. The van der Waals surface area contributed by atoms with Gasteiger partial charge < -0.3 is 34.3 Å². The Hall–Kier alpha value is -5.73. The highest BCUT2D eigenvalue weighted by Gasteiger charge is 2.54. The fraction of sp³-hybridized carbons (Fsp3) is 0.263. The number of rotatable bonds is 13. The second-order valence-electron chi connectivity index (χ2n) is 11.4. The van der Waals surface area contributed by atoms with E-state index in [1.165, 1.54) is 74.4 Å². The summed E-state index contributed by atoms with van der Waals surface area (Å²) in [6.45, 7) is 2.50. The van der Waals surface area contributed by atoms with Crippen LogP contribution in [0, 0.1) is 0 Å². The van der Waals surface area contributed by atoms with Crippen LogP contribution in [0.4, 0.5) is 23.7 Å². The predicted molar refractivity (Wildman–Crippen MR) is 183 cm³/mol. The van der Waals surface area contributed by atoms with E-state index in [0.29, 0.717) is 11.1 Å². The zero-order valence-corrected chi connectivity index (χ0v) is 28.7. The molecule has 2 unspecified atom stereocenters. The van der Waals surface area contributed by atoms with E-state index in [0.717, 1.165) is 12.1 Å². The van der Waals surface area contributed by atoms with Crippen molar-refractivity contribution in [3.05, 3.63) is 125 Å². The maximum atomic E-state index is 13.6. The zero-order chi connectivity index (χ0) is 38.1. The minimum absolute atomic E-state index is 0.0248. The van der Waals surface area contributed by atoms with Crippen molar-refractivity contribution in [3.63, 3.8) is 0 Å². The summed E-state index contributed by atoms with van der Waals surface area (Å²) in [5.41, 5.74) is -1.93. The van der Waals surface area contributed by atoms with Crippen molar-refractivity contribution >= 4 is 29.6 Å². The molecule has 52 heavy (non-hydrogen) atoms. The van der Waals surface area contributed by atoms with Gasteiger partial charge in [0.15, 0.2) is 0 Å². The standard InChI is InChI=1S/C38H37F3N2O9/c1-5-49-34(46)37(35(47)50-6-2,26-12-8-7-9-13-26)52-36(48)51-23-24-16-21-31(30(22-24)33(45)43(3)4)42-32(44)29-15-11-10-14-28(29)25-17-19-27(20-18-25)38(39,40)41/h7-22,34,46H,5-6,23H2,1-4H3,(H,42,44). The van der Waals surface area contributed by atoms with Crippen LogP contribution >= 0.6 is 0 Å². The average Bonchev–Trinajstić information content (AvgIpc) is 3.13. The number of hydrogen-bond acceptors (Lipinski definition) is 9. The largest absolute Gasteiger partial charge is 0.510 e. The Morgan fingerprint density at radius 2 is 1.44 bits per heavy atom. The third-order valence-electron chi connectivity index (χ3n) is 7.72. The van der Waals surface area contributed by atoms with E-state index >= 15 is 0 Å². The topological polar surface area (TPSA) is 141 Å². The van der Waals surface area contributed by atoms with Crippen LogP contribution in [0.2, 0.25) is 0 Å². The van der Waals surface area contributed by atoms with E-state index in [1.54, 1.807) is 43.3 Å². The highest BCUT2D eigenvalue weighted by molar-refractivity contribution is 6.11. The lowest BCUT2D eigenvalue weighted by Gasteiger charge is -2.34. The smallest absolute Gasteiger partial charge is 0.463 e. The maximum absolute atomic E-state index is 13.6. The van der Waals surface area contributed by atoms with Crippen LogP contribution in [0.5, 0.6) is 0 Å². The summed E-state index contributed by atoms with van der Waals surface area (Å²) in [6.07, 6.45) is -7.86. The molecule has 0 aromatic heterocycles. The summed E-state index contributed by atoms with van der Waals surface area (Å²) in [6, 6.07) is 22.7. The van der Waals surface area contributed by atoms with Gasteiger partial charge in [-0.2, -0.15) is 13.2 Å². The van der Waals surface area contributed by atoms with E-state index < -0.39 is 54.2 Å². The molecule has 2 atom stereocenters. The molecule has 2 amide bonds. The van der Waals surface area contributed by atoms with Gasteiger partial charge in [0.05, 0.1) is 23.4 Å². The van der Waals surface area contributed by atoms with E-state index in [1.807, 2.05) is 0 Å². The van der Waals surface area contributed by atoms with Gasteiger partial charge in [-0.25, -0.2) is 9.59 Å². The summed E-state index contributed by atoms with van der Waals surface area (Å²) >= 11 is 0. The Morgan fingerprint density at radius 1 is 0.788 bits per heavy atom. The molecule has 0 aliphatic heterocycles. The van der Waals surface area contributed by atoms with Gasteiger partial charge in [0, 0.05) is 31.8 Å². The first kappa shape index (κ1) is 39.1. The lowest BCUT2D eigenvalue weighted by molar-refractivity contribution is -0.234. The number of aliphatic hydroxyl groups is 1. The second kappa shape index (κ2) is 17.0. The van der Waals surface area contributed by atoms with Crippen molar-refractivity contribution in [2.24, 2.45) is 0 Å². The number of aliphatic hydroxyl groups excluding tert-OH is 1. The number of anilines is 1. The lowest BCUT2D eigenvalue weighted by atomic mass is 9.92. The first-order chi connectivity index (χ1) is 24.7. The molecule has 4 rings (SSSR count). The van der Waals surface area contributed by atoms with Gasteiger partial charge in [-0.15, -0.1) is 0 Å². The fourth-order valence-electron chi connectivity index (χ4n) is 5.18. The van der Waals surface area contributed by atoms with E-state index in [9.17, 15) is 37.5 Å². The summed E-state index contributed by atoms with van der Waals surface area (Å²) in [5, 5.41) is 13.6. The molecule has 0 aliphatic rings. The van der Waals surface area contributed by atoms with E-state index in [2.05, 4.69) is 5.32 Å². The van der Waals surface area contributed by atoms with Crippen molar-refractivity contribution in [2.45, 2.75) is 38.5 Å². The molecule has 274 valence electrons. The molecule has 4 aromatic rings. The molecule has 0 saturated carbocycles. The van der Waals surface area contributed by atoms with Gasteiger partial charge in [-0.05, 0) is 60.9 Å². The summed E-state index contributed by atoms with van der Waals surface area (Å²) < 4.78 is 60.6. The number of ether oxygens (including phenoxy) is 4. The number of nitrogens with zero attached hydrogens (tertiary/aromatic N) is 1. The Morgan fingerprint density at radius 3 is 2.06 bits per heavy atom. The third kappa shape index (κ3) is 8.94. The number of benzene rings is 4. The number of carbonyl (C=O) groups is 4. The number of nitrogens with one attached hydrogen (secondary N) is 1. The van der Waals surface area contributed by atoms with Gasteiger partial charge in [0.1, 0.15) is 6.61 Å². The molecular weight excluding hydrogens is 685 g/mol. The molecule has 11 nitrogen and oxygen atoms in total. The molecule has 2 N–H and O–H groups in total. The van der Waals surface area contributed by atoms with Crippen LogP contribution < -0.4 is 5.32 Å². The lowest BCUT2D eigenvalue weighted by Crippen LogP contribution is -2.52. The maximum Gasteiger partial charge on any atom is 0.510 e. The number of alkyl halides is 3. The van der Waals surface area contributed by atoms with Crippen molar-refractivity contribution in [2.75, 3.05) is 32.6 Å². The average molecular weight is 723 g/mol. The molecule has 0 aliphatic carbocycles. The first-order valence-corrected chi connectivity index (χ1v) is 16.0. The van der Waals surface area contributed by atoms with Gasteiger partial charge >= 0.3 is 18.3 Å².